The number of nitrogens with one attached hydrogen (secondary N) is 2. The molecule has 1 aliphatic carbocycles. The average Bonchev–Trinajstić information content (AvgIpc) is 3.70. The van der Waals surface area contributed by atoms with Crippen molar-refractivity contribution < 1.29 is 28.6 Å². The maximum atomic E-state index is 13.2. The van der Waals surface area contributed by atoms with E-state index in [1.165, 1.54) is 7.11 Å². The average molecular weight is 547 g/mol. The van der Waals surface area contributed by atoms with Crippen molar-refractivity contribution in [2.24, 2.45) is 5.92 Å². The van der Waals surface area contributed by atoms with Gasteiger partial charge in [-0.3, -0.25) is 19.1 Å². The Morgan fingerprint density at radius 1 is 1.03 bits per heavy atom. The number of esters is 1. The summed E-state index contributed by atoms with van der Waals surface area (Å²) in [6, 6.07) is 7.04. The summed E-state index contributed by atoms with van der Waals surface area (Å²) in [5.74, 6) is 0.241. The highest BCUT2D eigenvalue weighted by Gasteiger charge is 2.31. The number of hydrogen-bond donors (Lipinski definition) is 2. The molecule has 0 radical (unpaired) electrons. The number of methoxy groups -OCH3 is 3. The lowest BCUT2D eigenvalue weighted by Crippen LogP contribution is -2.41. The number of nitrogens with zero attached hydrogens (tertiary/aromatic N) is 2. The first-order valence-electron chi connectivity index (χ1n) is 13.7. The fourth-order valence-corrected chi connectivity index (χ4v) is 3.95. The molecule has 1 aromatic carbocycles. The van der Waals surface area contributed by atoms with E-state index < -0.39 is 12.0 Å². The Kier molecular flexibility index (Phi) is 14.7. The third kappa shape index (κ3) is 9.92. The fraction of sp³-hybridized carbons (Fsp3) is 0.586. The molecule has 1 aromatic heterocycles. The molecule has 1 saturated carbocycles. The maximum Gasteiger partial charge on any atom is 0.325 e. The molecule has 10 heteroatoms. The third-order valence-electron chi connectivity index (χ3n) is 5.73. The minimum atomic E-state index is -0.535. The van der Waals surface area contributed by atoms with Gasteiger partial charge in [-0.2, -0.15) is 5.10 Å². The van der Waals surface area contributed by atoms with E-state index in [0.717, 1.165) is 24.1 Å². The van der Waals surface area contributed by atoms with Crippen LogP contribution in [-0.4, -0.2) is 61.5 Å². The second-order valence-electron chi connectivity index (χ2n) is 8.99. The maximum absolute atomic E-state index is 13.2. The van der Waals surface area contributed by atoms with Gasteiger partial charge in [0, 0.05) is 12.5 Å². The molecule has 218 valence electrons. The van der Waals surface area contributed by atoms with Crippen LogP contribution in [0.3, 0.4) is 0 Å². The van der Waals surface area contributed by atoms with Crippen molar-refractivity contribution in [3.63, 3.8) is 0 Å². The van der Waals surface area contributed by atoms with Crippen molar-refractivity contribution in [1.82, 2.24) is 20.4 Å². The van der Waals surface area contributed by atoms with Gasteiger partial charge >= 0.3 is 5.97 Å². The summed E-state index contributed by atoms with van der Waals surface area (Å²) in [7, 11) is 4.43. The van der Waals surface area contributed by atoms with Crippen molar-refractivity contribution in [2.75, 3.05) is 27.9 Å². The smallest absolute Gasteiger partial charge is 0.325 e. The van der Waals surface area contributed by atoms with Gasteiger partial charge in [-0.25, -0.2) is 0 Å². The number of benzene rings is 1. The summed E-state index contributed by atoms with van der Waals surface area (Å²) in [4.78, 5) is 36.9. The zero-order valence-electron chi connectivity index (χ0n) is 24.9. The summed E-state index contributed by atoms with van der Waals surface area (Å²) in [6.45, 7) is 11.8. The Hall–Kier alpha value is -3.56. The van der Waals surface area contributed by atoms with Gasteiger partial charge in [-0.1, -0.05) is 47.6 Å². The molecular weight excluding hydrogens is 500 g/mol. The molecule has 0 bridgehead atoms. The van der Waals surface area contributed by atoms with Crippen molar-refractivity contribution in [2.45, 2.75) is 79.3 Å². The van der Waals surface area contributed by atoms with Crippen LogP contribution in [0.4, 0.5) is 0 Å². The number of aromatic nitrogens is 2. The largest absolute Gasteiger partial charge is 0.496 e. The topological polar surface area (TPSA) is 121 Å². The molecule has 3 rings (SSSR count). The van der Waals surface area contributed by atoms with E-state index in [1.54, 1.807) is 20.3 Å². The Balaban J connectivity index is 0.00000181. The van der Waals surface area contributed by atoms with Gasteiger partial charge in [-0.05, 0) is 43.4 Å². The van der Waals surface area contributed by atoms with E-state index in [9.17, 15) is 14.4 Å². The standard InChI is InChI=1S/C25H34N4O6.2C2H6/c1-15(2)11-16(12-22(30)26-14-23(31)35-5)27-25(32)18-13-19(29(28-18)17-9-10-17)24-20(33-3)7-6-8-21(24)34-4;2*1-2/h6-8,13,15-17H,9-12,14H2,1-5H3,(H,26,30)(H,27,32);2*1-2H3. The molecule has 0 spiro atoms. The first-order valence-corrected chi connectivity index (χ1v) is 13.7. The van der Waals surface area contributed by atoms with Crippen LogP contribution in [0.2, 0.25) is 0 Å². The van der Waals surface area contributed by atoms with Crippen LogP contribution in [0.25, 0.3) is 11.3 Å². The highest BCUT2D eigenvalue weighted by Crippen LogP contribution is 2.43. The number of carbonyl (C=O) groups is 3. The number of amides is 2. The Bertz CT molecular complexity index is 1040. The van der Waals surface area contributed by atoms with E-state index in [-0.39, 0.29) is 42.4 Å². The van der Waals surface area contributed by atoms with Crippen LogP contribution in [-0.2, 0) is 14.3 Å². The van der Waals surface area contributed by atoms with Crippen molar-refractivity contribution in [3.05, 3.63) is 30.0 Å². The van der Waals surface area contributed by atoms with Gasteiger partial charge in [0.1, 0.15) is 18.0 Å². The molecule has 1 fully saturated rings. The van der Waals surface area contributed by atoms with Crippen LogP contribution in [0.5, 0.6) is 11.5 Å². The van der Waals surface area contributed by atoms with Crippen molar-refractivity contribution in [1.29, 1.82) is 0 Å². The fourth-order valence-electron chi connectivity index (χ4n) is 3.95. The predicted octanol–water partition coefficient (Wildman–Crippen LogP) is 4.78. The minimum absolute atomic E-state index is 0.0391. The molecule has 0 aliphatic heterocycles. The SMILES string of the molecule is CC.CC.COC(=O)CNC(=O)CC(CC(C)C)NC(=O)c1cc(-c2c(OC)cccc2OC)n(C2CC2)n1. The molecule has 10 nitrogen and oxygen atoms in total. The van der Waals surface area contributed by atoms with Crippen LogP contribution >= 0.6 is 0 Å². The van der Waals surface area contributed by atoms with E-state index in [1.807, 2.05) is 64.4 Å². The van der Waals surface area contributed by atoms with Crippen LogP contribution in [0, 0.1) is 5.92 Å². The van der Waals surface area contributed by atoms with E-state index >= 15 is 0 Å². The van der Waals surface area contributed by atoms with Gasteiger partial charge in [0.15, 0.2) is 5.69 Å². The van der Waals surface area contributed by atoms with Gasteiger partial charge in [0.25, 0.3) is 5.91 Å². The Labute approximate surface area is 232 Å². The van der Waals surface area contributed by atoms with Crippen LogP contribution in [0.1, 0.15) is 83.8 Å². The zero-order chi connectivity index (χ0) is 29.5. The zero-order valence-corrected chi connectivity index (χ0v) is 24.9. The Morgan fingerprint density at radius 2 is 1.62 bits per heavy atom. The highest BCUT2D eigenvalue weighted by molar-refractivity contribution is 5.94. The second-order valence-corrected chi connectivity index (χ2v) is 8.99. The summed E-state index contributed by atoms with van der Waals surface area (Å²) >= 11 is 0. The first-order chi connectivity index (χ1) is 18.8. The van der Waals surface area contributed by atoms with Gasteiger partial charge in [0.05, 0.1) is 38.6 Å². The quantitative estimate of drug-likeness (QED) is 0.368. The lowest BCUT2D eigenvalue weighted by molar-refractivity contribution is -0.141. The van der Waals surface area contributed by atoms with E-state index in [2.05, 4.69) is 20.5 Å². The molecule has 2 aromatic rings. The summed E-state index contributed by atoms with van der Waals surface area (Å²) < 4.78 is 17.5. The summed E-state index contributed by atoms with van der Waals surface area (Å²) in [5.41, 5.74) is 1.73. The first kappa shape index (κ1) is 33.5. The van der Waals surface area contributed by atoms with Crippen LogP contribution < -0.4 is 20.1 Å². The molecule has 1 aliphatic rings. The van der Waals surface area contributed by atoms with Gasteiger partial charge < -0.3 is 24.8 Å². The molecule has 0 saturated heterocycles. The molecule has 39 heavy (non-hydrogen) atoms. The lowest BCUT2D eigenvalue weighted by atomic mass is 10.0. The van der Waals surface area contributed by atoms with Crippen molar-refractivity contribution >= 4 is 17.8 Å². The van der Waals surface area contributed by atoms with E-state index in [4.69, 9.17) is 9.47 Å². The lowest BCUT2D eigenvalue weighted by Gasteiger charge is -2.19. The van der Waals surface area contributed by atoms with Crippen LogP contribution in [0.15, 0.2) is 24.3 Å². The molecule has 1 heterocycles. The van der Waals surface area contributed by atoms with Gasteiger partial charge in [0.2, 0.25) is 5.91 Å². The highest BCUT2D eigenvalue weighted by atomic mass is 16.5. The number of carbonyl (C=O) groups excluding carboxylic acids is 3. The third-order valence-corrected chi connectivity index (χ3v) is 5.73. The normalized spacial score (nSPS) is 12.7. The number of rotatable bonds is 12. The van der Waals surface area contributed by atoms with E-state index in [0.29, 0.717) is 17.9 Å². The Morgan fingerprint density at radius 3 is 2.10 bits per heavy atom. The monoisotopic (exact) mass is 546 g/mol. The molecule has 1 atom stereocenters. The number of hydrogen-bond acceptors (Lipinski definition) is 7. The summed E-state index contributed by atoms with van der Waals surface area (Å²) in [6.07, 6.45) is 2.58. The summed E-state index contributed by atoms with van der Waals surface area (Å²) in [5, 5.41) is 10.1. The molecule has 2 N–H and O–H groups in total. The second kappa shape index (κ2) is 17.1. The number of ether oxygens (including phenoxy) is 3. The predicted molar refractivity (Wildman–Crippen MR) is 152 cm³/mol. The molecular formula is C29H46N4O6. The molecule has 1 unspecified atom stereocenters. The van der Waals surface area contributed by atoms with Gasteiger partial charge in [-0.15, -0.1) is 0 Å². The molecule has 2 amide bonds. The minimum Gasteiger partial charge on any atom is -0.496 e. The van der Waals surface area contributed by atoms with Crippen molar-refractivity contribution in [3.8, 4) is 22.8 Å².